The molecule has 3 heterocycles. The summed E-state index contributed by atoms with van der Waals surface area (Å²) >= 11 is 0. The number of nitrogens with zero attached hydrogens (tertiary/aromatic N) is 1. The molecule has 0 unspecified atom stereocenters. The van der Waals surface area contributed by atoms with Gasteiger partial charge in [0.05, 0.1) is 26.2 Å². The highest BCUT2D eigenvalue weighted by molar-refractivity contribution is 5.93. The van der Waals surface area contributed by atoms with Crippen molar-refractivity contribution in [3.8, 4) is 0 Å². The van der Waals surface area contributed by atoms with Crippen LogP contribution >= 0.6 is 0 Å². The molecular formula is C14H21N4O4+. The molecule has 0 aromatic carbocycles. The zero-order valence-electron chi connectivity index (χ0n) is 12.4. The van der Waals surface area contributed by atoms with E-state index >= 15 is 0 Å². The molecule has 22 heavy (non-hydrogen) atoms. The van der Waals surface area contributed by atoms with Crippen LogP contribution in [0.3, 0.4) is 0 Å². The van der Waals surface area contributed by atoms with Gasteiger partial charge in [-0.05, 0) is 12.8 Å². The van der Waals surface area contributed by atoms with Gasteiger partial charge in [-0.1, -0.05) is 0 Å². The molecule has 0 saturated carbocycles. The van der Waals surface area contributed by atoms with Gasteiger partial charge < -0.3 is 19.5 Å². The highest BCUT2D eigenvalue weighted by Crippen LogP contribution is 2.09. The molecule has 8 heteroatoms. The summed E-state index contributed by atoms with van der Waals surface area (Å²) in [7, 11) is 0. The Morgan fingerprint density at radius 2 is 2.14 bits per heavy atom. The number of hydrogen-bond acceptors (Lipinski definition) is 4. The number of ether oxygens (including phenoxy) is 1. The maximum Gasteiger partial charge on any atom is 0.325 e. The number of aromatic amines is 2. The number of rotatable bonds is 3. The maximum absolute atomic E-state index is 12.3. The lowest BCUT2D eigenvalue weighted by atomic mass is 10.2. The number of quaternary nitrogens is 1. The number of nitrogens with one attached hydrogen (secondary N) is 3. The van der Waals surface area contributed by atoms with E-state index < -0.39 is 11.2 Å². The van der Waals surface area contributed by atoms with Crippen molar-refractivity contribution >= 4 is 5.91 Å². The first-order valence-electron chi connectivity index (χ1n) is 7.70. The van der Waals surface area contributed by atoms with Gasteiger partial charge in [0.1, 0.15) is 18.2 Å². The van der Waals surface area contributed by atoms with Crippen LogP contribution in [-0.4, -0.2) is 66.2 Å². The minimum absolute atomic E-state index is 0.0119. The van der Waals surface area contributed by atoms with Crippen molar-refractivity contribution in [3.63, 3.8) is 0 Å². The van der Waals surface area contributed by atoms with Gasteiger partial charge >= 0.3 is 5.69 Å². The van der Waals surface area contributed by atoms with Gasteiger partial charge in [-0.15, -0.1) is 0 Å². The van der Waals surface area contributed by atoms with Crippen LogP contribution in [0.4, 0.5) is 0 Å². The molecule has 3 rings (SSSR count). The Balaban J connectivity index is 1.57. The Labute approximate surface area is 127 Å². The van der Waals surface area contributed by atoms with Crippen molar-refractivity contribution in [2.24, 2.45) is 0 Å². The maximum atomic E-state index is 12.3. The lowest BCUT2D eigenvalue weighted by Gasteiger charge is -2.33. The SMILES string of the molecule is O=C(c1c[nH]c(=O)[nH]c1=O)N1CC[NH+](C[C@@H]2CCCO2)CC1. The highest BCUT2D eigenvalue weighted by atomic mass is 16.5. The summed E-state index contributed by atoms with van der Waals surface area (Å²) in [4.78, 5) is 42.5. The third-order valence-electron chi connectivity index (χ3n) is 4.35. The summed E-state index contributed by atoms with van der Waals surface area (Å²) < 4.78 is 5.65. The Kier molecular flexibility index (Phi) is 4.39. The summed E-state index contributed by atoms with van der Waals surface area (Å²) in [6, 6.07) is 0. The molecule has 0 aliphatic carbocycles. The van der Waals surface area contributed by atoms with Gasteiger partial charge in [0.15, 0.2) is 0 Å². The van der Waals surface area contributed by atoms with Crippen molar-refractivity contribution in [2.45, 2.75) is 18.9 Å². The molecule has 120 valence electrons. The monoisotopic (exact) mass is 309 g/mol. The molecular weight excluding hydrogens is 288 g/mol. The minimum atomic E-state index is -0.636. The molecule has 1 atom stereocenters. The third kappa shape index (κ3) is 3.28. The number of carbonyl (C=O) groups excluding carboxylic acids is 1. The summed E-state index contributed by atoms with van der Waals surface area (Å²) in [5.41, 5.74) is -1.25. The molecule has 1 amide bonds. The number of H-pyrrole nitrogens is 2. The van der Waals surface area contributed by atoms with E-state index in [2.05, 4.69) is 9.97 Å². The predicted molar refractivity (Wildman–Crippen MR) is 78.1 cm³/mol. The molecule has 1 aromatic rings. The van der Waals surface area contributed by atoms with Gasteiger partial charge in [0, 0.05) is 12.8 Å². The van der Waals surface area contributed by atoms with E-state index in [-0.39, 0.29) is 11.5 Å². The first kappa shape index (κ1) is 15.0. The van der Waals surface area contributed by atoms with Crippen LogP contribution in [0, 0.1) is 0 Å². The Bertz CT molecular complexity index is 639. The normalized spacial score (nSPS) is 22.9. The third-order valence-corrected chi connectivity index (χ3v) is 4.35. The zero-order valence-corrected chi connectivity index (χ0v) is 12.4. The molecule has 2 saturated heterocycles. The average molecular weight is 309 g/mol. The molecule has 0 bridgehead atoms. The zero-order chi connectivity index (χ0) is 15.5. The lowest BCUT2D eigenvalue weighted by Crippen LogP contribution is -3.15. The first-order chi connectivity index (χ1) is 10.6. The molecule has 3 N–H and O–H groups in total. The second-order valence-corrected chi connectivity index (χ2v) is 5.87. The van der Waals surface area contributed by atoms with Crippen molar-refractivity contribution in [1.82, 2.24) is 14.9 Å². The Morgan fingerprint density at radius 3 is 2.77 bits per heavy atom. The molecule has 1 aromatic heterocycles. The van der Waals surface area contributed by atoms with Crippen molar-refractivity contribution < 1.29 is 14.4 Å². The quantitative estimate of drug-likeness (QED) is 0.579. The summed E-state index contributed by atoms with van der Waals surface area (Å²) in [6.07, 6.45) is 3.80. The molecule has 2 fully saturated rings. The van der Waals surface area contributed by atoms with Crippen LogP contribution in [0.1, 0.15) is 23.2 Å². The second kappa shape index (κ2) is 6.45. The average Bonchev–Trinajstić information content (AvgIpc) is 3.00. The van der Waals surface area contributed by atoms with Crippen LogP contribution in [0.2, 0.25) is 0 Å². The summed E-state index contributed by atoms with van der Waals surface area (Å²) in [5.74, 6) is -0.325. The van der Waals surface area contributed by atoms with Crippen LogP contribution in [-0.2, 0) is 4.74 Å². The van der Waals surface area contributed by atoms with Crippen molar-refractivity contribution in [3.05, 3.63) is 32.6 Å². The van der Waals surface area contributed by atoms with E-state index in [0.29, 0.717) is 19.2 Å². The Hall–Kier alpha value is -1.93. The van der Waals surface area contributed by atoms with Gasteiger partial charge in [-0.25, -0.2) is 4.79 Å². The van der Waals surface area contributed by atoms with Crippen molar-refractivity contribution in [1.29, 1.82) is 0 Å². The molecule has 2 aliphatic heterocycles. The first-order valence-corrected chi connectivity index (χ1v) is 7.70. The number of piperazine rings is 1. The predicted octanol–water partition coefficient (Wildman–Crippen LogP) is -2.42. The molecule has 0 spiro atoms. The number of amides is 1. The molecule has 2 aliphatic rings. The van der Waals surface area contributed by atoms with Crippen LogP contribution in [0.25, 0.3) is 0 Å². The highest BCUT2D eigenvalue weighted by Gasteiger charge is 2.28. The van der Waals surface area contributed by atoms with Gasteiger partial charge in [-0.3, -0.25) is 14.6 Å². The largest absolute Gasteiger partial charge is 0.372 e. The summed E-state index contributed by atoms with van der Waals surface area (Å²) in [5, 5.41) is 0. The molecule has 0 radical (unpaired) electrons. The number of hydrogen-bond donors (Lipinski definition) is 3. The standard InChI is InChI=1S/C14H20N4O4/c19-12-11(8-15-14(21)16-12)13(20)18-5-3-17(4-6-18)9-10-2-1-7-22-10/h8,10H,1-7,9H2,(H2,15,16,19,21)/p+1/t10-/m0/s1. The molecule has 8 nitrogen and oxygen atoms in total. The minimum Gasteiger partial charge on any atom is -0.372 e. The van der Waals surface area contributed by atoms with Crippen LogP contribution in [0.5, 0.6) is 0 Å². The van der Waals surface area contributed by atoms with Crippen LogP contribution < -0.4 is 16.1 Å². The van der Waals surface area contributed by atoms with E-state index in [0.717, 1.165) is 39.1 Å². The fourth-order valence-electron chi connectivity index (χ4n) is 3.10. The smallest absolute Gasteiger partial charge is 0.325 e. The lowest BCUT2D eigenvalue weighted by molar-refractivity contribution is -0.906. The van der Waals surface area contributed by atoms with Gasteiger partial charge in [-0.2, -0.15) is 0 Å². The number of aromatic nitrogens is 2. The fourth-order valence-corrected chi connectivity index (χ4v) is 3.10. The number of carbonyl (C=O) groups is 1. The van der Waals surface area contributed by atoms with Gasteiger partial charge in [0.2, 0.25) is 0 Å². The van der Waals surface area contributed by atoms with E-state index in [1.165, 1.54) is 11.1 Å². The van der Waals surface area contributed by atoms with E-state index in [9.17, 15) is 14.4 Å². The second-order valence-electron chi connectivity index (χ2n) is 5.87. The van der Waals surface area contributed by atoms with Crippen LogP contribution in [0.15, 0.2) is 15.8 Å². The van der Waals surface area contributed by atoms with Crippen molar-refractivity contribution in [2.75, 3.05) is 39.3 Å². The van der Waals surface area contributed by atoms with E-state index in [1.807, 2.05) is 0 Å². The summed E-state index contributed by atoms with van der Waals surface area (Å²) in [6.45, 7) is 4.78. The van der Waals surface area contributed by atoms with E-state index in [4.69, 9.17) is 4.74 Å². The Morgan fingerprint density at radius 1 is 1.36 bits per heavy atom. The fraction of sp³-hybridized carbons (Fsp3) is 0.643. The van der Waals surface area contributed by atoms with E-state index in [1.54, 1.807) is 4.90 Å². The van der Waals surface area contributed by atoms with Gasteiger partial charge in [0.25, 0.3) is 11.5 Å². The topological polar surface area (TPSA) is 99.7 Å².